The fourth-order valence-corrected chi connectivity index (χ4v) is 3.88. The first-order valence-electron chi connectivity index (χ1n) is 8.89. The monoisotopic (exact) mass is 446 g/mol. The van der Waals surface area contributed by atoms with E-state index in [4.69, 9.17) is 0 Å². The van der Waals surface area contributed by atoms with Crippen LogP contribution in [0.1, 0.15) is 15.2 Å². The average Bonchev–Trinajstić information content (AvgIpc) is 3.20. The minimum Gasteiger partial charge on any atom is -0.506 e. The van der Waals surface area contributed by atoms with E-state index in [0.717, 1.165) is 16.7 Å². The van der Waals surface area contributed by atoms with Gasteiger partial charge in [-0.15, -0.1) is 24.5 Å². The lowest BCUT2D eigenvalue weighted by Crippen LogP contribution is -2.27. The van der Waals surface area contributed by atoms with Crippen LogP contribution >= 0.6 is 11.3 Å². The van der Waals surface area contributed by atoms with Crippen molar-refractivity contribution in [1.29, 1.82) is 0 Å². The number of aromatic nitrogens is 2. The van der Waals surface area contributed by atoms with Crippen molar-refractivity contribution in [3.63, 3.8) is 0 Å². The quantitative estimate of drug-likeness (QED) is 0.458. The smallest absolute Gasteiger partial charge is 0.506 e. The summed E-state index contributed by atoms with van der Waals surface area (Å²) in [7, 11) is 0. The van der Waals surface area contributed by atoms with Gasteiger partial charge in [0, 0.05) is 23.6 Å². The molecule has 10 heteroatoms. The van der Waals surface area contributed by atoms with Crippen LogP contribution in [0.4, 0.5) is 13.2 Å². The zero-order chi connectivity index (χ0) is 22.2. The van der Waals surface area contributed by atoms with Gasteiger partial charge in [0.25, 0.3) is 5.56 Å². The second kappa shape index (κ2) is 7.88. The van der Waals surface area contributed by atoms with E-state index in [1.807, 2.05) is 0 Å². The highest BCUT2D eigenvalue weighted by Gasteiger charge is 2.31. The van der Waals surface area contributed by atoms with E-state index in [1.54, 1.807) is 17.5 Å². The summed E-state index contributed by atoms with van der Waals surface area (Å²) in [5.74, 6) is -1.68. The number of alkyl halides is 3. The van der Waals surface area contributed by atoms with E-state index in [1.165, 1.54) is 41.8 Å². The topological polar surface area (TPSA) is 81.4 Å². The number of rotatable bonds is 5. The van der Waals surface area contributed by atoms with Crippen LogP contribution in [0, 0.1) is 0 Å². The molecule has 0 fully saturated rings. The van der Waals surface area contributed by atoms with E-state index in [0.29, 0.717) is 4.88 Å². The predicted molar refractivity (Wildman–Crippen MR) is 108 cm³/mol. The van der Waals surface area contributed by atoms with Crippen molar-refractivity contribution in [2.24, 2.45) is 0 Å². The number of pyridine rings is 2. The molecule has 0 aliphatic rings. The Morgan fingerprint density at radius 3 is 2.68 bits per heavy atom. The molecule has 158 valence electrons. The number of nitrogens with zero attached hydrogens (tertiary/aromatic N) is 2. The molecule has 4 aromatic rings. The van der Waals surface area contributed by atoms with Crippen molar-refractivity contribution in [2.75, 3.05) is 0 Å². The molecular formula is C21H13F3N2O4S. The van der Waals surface area contributed by atoms with Gasteiger partial charge in [-0.25, -0.2) is 4.98 Å². The number of carbonyl (C=O) groups excluding carboxylic acids is 1. The Morgan fingerprint density at radius 2 is 1.97 bits per heavy atom. The summed E-state index contributed by atoms with van der Waals surface area (Å²) in [5.41, 5.74) is -1.37. The summed E-state index contributed by atoms with van der Waals surface area (Å²) >= 11 is 1.32. The first-order chi connectivity index (χ1) is 14.7. The maximum atomic E-state index is 13.3. The lowest BCUT2D eigenvalue weighted by atomic mass is 10.1. The molecule has 0 aliphatic carbocycles. The predicted octanol–water partition coefficient (Wildman–Crippen LogP) is 4.48. The highest BCUT2D eigenvalue weighted by Crippen LogP contribution is 2.30. The van der Waals surface area contributed by atoms with Gasteiger partial charge in [-0.3, -0.25) is 14.2 Å². The van der Waals surface area contributed by atoms with Gasteiger partial charge in [0.1, 0.15) is 17.1 Å². The van der Waals surface area contributed by atoms with Crippen LogP contribution in [-0.2, 0) is 6.42 Å². The molecule has 4 rings (SSSR count). The second-order valence-corrected chi connectivity index (χ2v) is 7.50. The number of Topliss-reactive ketones (excluding diaryl/α,β-unsaturated/α-hetero) is 1. The largest absolute Gasteiger partial charge is 0.573 e. The molecule has 0 spiro atoms. The van der Waals surface area contributed by atoms with Crippen LogP contribution in [0.3, 0.4) is 0 Å². The first kappa shape index (κ1) is 20.6. The summed E-state index contributed by atoms with van der Waals surface area (Å²) < 4.78 is 42.8. The summed E-state index contributed by atoms with van der Waals surface area (Å²) in [4.78, 5) is 30.9. The standard InChI is InChI=1S/C21H13F3N2O4S/c22-21(23,24)30-13-5-1-4-12(10-13)26-19-15(7-2-8-25-19)18(28)17(20(26)29)16(27)11-14-6-3-9-31-14/h1-10,28H,11H2. The van der Waals surface area contributed by atoms with Crippen LogP contribution < -0.4 is 10.3 Å². The normalized spacial score (nSPS) is 11.6. The van der Waals surface area contributed by atoms with Crippen LogP contribution in [0.15, 0.2) is 64.9 Å². The van der Waals surface area contributed by atoms with Crippen molar-refractivity contribution < 1.29 is 27.8 Å². The molecule has 0 atom stereocenters. The highest BCUT2D eigenvalue weighted by molar-refractivity contribution is 7.10. The SMILES string of the molecule is O=C(Cc1cccs1)c1c(O)c2cccnc2n(-c2cccc(OC(F)(F)F)c2)c1=O. The maximum Gasteiger partial charge on any atom is 0.573 e. The van der Waals surface area contributed by atoms with E-state index < -0.39 is 34.8 Å². The Bertz CT molecular complexity index is 1330. The molecule has 3 heterocycles. The maximum absolute atomic E-state index is 13.3. The summed E-state index contributed by atoms with van der Waals surface area (Å²) in [6.07, 6.45) is -3.66. The Kier molecular flexibility index (Phi) is 5.24. The summed E-state index contributed by atoms with van der Waals surface area (Å²) in [5, 5.41) is 12.5. The van der Waals surface area contributed by atoms with E-state index in [2.05, 4.69) is 9.72 Å². The van der Waals surface area contributed by atoms with E-state index in [-0.39, 0.29) is 23.1 Å². The van der Waals surface area contributed by atoms with Gasteiger partial charge in [-0.1, -0.05) is 12.1 Å². The van der Waals surface area contributed by atoms with Crippen LogP contribution in [0.5, 0.6) is 11.5 Å². The zero-order valence-electron chi connectivity index (χ0n) is 15.6. The van der Waals surface area contributed by atoms with Crippen molar-refractivity contribution in [3.05, 3.63) is 80.9 Å². The summed E-state index contributed by atoms with van der Waals surface area (Å²) in [6.45, 7) is 0. The molecule has 0 saturated carbocycles. The van der Waals surface area contributed by atoms with E-state index >= 15 is 0 Å². The number of hydrogen-bond donors (Lipinski definition) is 1. The Labute approximate surface area is 176 Å². The van der Waals surface area contributed by atoms with Crippen LogP contribution in [-0.4, -0.2) is 26.8 Å². The molecule has 1 aromatic carbocycles. The van der Waals surface area contributed by atoms with Crippen LogP contribution in [0.25, 0.3) is 16.7 Å². The molecule has 0 amide bonds. The number of ether oxygens (including phenoxy) is 1. The van der Waals surface area contributed by atoms with E-state index in [9.17, 15) is 27.9 Å². The van der Waals surface area contributed by atoms with Crippen LogP contribution in [0.2, 0.25) is 0 Å². The number of thiophene rings is 1. The van der Waals surface area contributed by atoms with Crippen molar-refractivity contribution >= 4 is 28.2 Å². The fourth-order valence-electron chi connectivity index (χ4n) is 3.17. The highest BCUT2D eigenvalue weighted by atomic mass is 32.1. The molecule has 0 unspecified atom stereocenters. The number of halogens is 3. The van der Waals surface area contributed by atoms with Gasteiger partial charge < -0.3 is 9.84 Å². The van der Waals surface area contributed by atoms with Gasteiger partial charge in [-0.2, -0.15) is 0 Å². The third kappa shape index (κ3) is 4.15. The zero-order valence-corrected chi connectivity index (χ0v) is 16.4. The number of aromatic hydroxyl groups is 1. The van der Waals surface area contributed by atoms with Crippen molar-refractivity contribution in [1.82, 2.24) is 9.55 Å². The van der Waals surface area contributed by atoms with Gasteiger partial charge in [0.2, 0.25) is 0 Å². The third-order valence-corrected chi connectivity index (χ3v) is 5.29. The van der Waals surface area contributed by atoms with Gasteiger partial charge in [-0.05, 0) is 35.7 Å². The minimum absolute atomic E-state index is 0.000577. The van der Waals surface area contributed by atoms with Gasteiger partial charge >= 0.3 is 6.36 Å². The first-order valence-corrected chi connectivity index (χ1v) is 9.77. The molecule has 0 radical (unpaired) electrons. The average molecular weight is 446 g/mol. The lowest BCUT2D eigenvalue weighted by Gasteiger charge is -2.15. The minimum atomic E-state index is -4.92. The molecular weight excluding hydrogens is 433 g/mol. The fraction of sp³-hybridized carbons (Fsp3) is 0.0952. The number of fused-ring (bicyclic) bond motifs is 1. The Hall–Kier alpha value is -3.66. The Morgan fingerprint density at radius 1 is 1.16 bits per heavy atom. The van der Waals surface area contributed by atoms with Crippen molar-refractivity contribution in [3.8, 4) is 17.2 Å². The molecule has 3 aromatic heterocycles. The lowest BCUT2D eigenvalue weighted by molar-refractivity contribution is -0.274. The molecule has 0 aliphatic heterocycles. The molecule has 1 N–H and O–H groups in total. The second-order valence-electron chi connectivity index (χ2n) is 6.46. The number of hydrogen-bond acceptors (Lipinski definition) is 6. The van der Waals surface area contributed by atoms with Gasteiger partial charge in [0.15, 0.2) is 11.4 Å². The summed E-state index contributed by atoms with van der Waals surface area (Å²) in [6, 6.07) is 11.2. The van der Waals surface area contributed by atoms with Gasteiger partial charge in [0.05, 0.1) is 11.1 Å². The molecule has 0 bridgehead atoms. The number of carbonyl (C=O) groups is 1. The molecule has 31 heavy (non-hydrogen) atoms. The third-order valence-electron chi connectivity index (χ3n) is 4.41. The van der Waals surface area contributed by atoms with Crippen molar-refractivity contribution in [2.45, 2.75) is 12.8 Å². The molecule has 6 nitrogen and oxygen atoms in total. The Balaban J connectivity index is 1.93. The number of benzene rings is 1. The molecule has 0 saturated heterocycles. The number of ketones is 1.